The maximum atomic E-state index is 12.0. The number of epoxide rings is 2. The van der Waals surface area contributed by atoms with Gasteiger partial charge in [0.15, 0.2) is 0 Å². The van der Waals surface area contributed by atoms with E-state index < -0.39 is 11.8 Å². The molecular weight excluding hydrogens is 292 g/mol. The quantitative estimate of drug-likeness (QED) is 0.374. The zero-order valence-corrected chi connectivity index (χ0v) is 12.3. The van der Waals surface area contributed by atoms with E-state index in [4.69, 9.17) is 18.9 Å². The molecule has 0 N–H and O–H groups in total. The lowest BCUT2D eigenvalue weighted by molar-refractivity contribution is -0.159. The first-order chi connectivity index (χ1) is 10.7. The molecule has 5 unspecified atom stereocenters. The predicted molar refractivity (Wildman–Crippen MR) is 71.8 cm³/mol. The molecule has 2 aliphatic heterocycles. The molecule has 1 aliphatic carbocycles. The van der Waals surface area contributed by atoms with Crippen molar-refractivity contribution in [1.82, 2.24) is 0 Å². The Kier molecular flexibility index (Phi) is 4.73. The highest BCUT2D eigenvalue weighted by molar-refractivity contribution is 5.79. The van der Waals surface area contributed by atoms with Crippen LogP contribution in [0.4, 0.5) is 0 Å². The Morgan fingerprint density at radius 3 is 2.14 bits per heavy atom. The highest BCUT2D eigenvalue weighted by atomic mass is 16.6. The van der Waals surface area contributed by atoms with Crippen LogP contribution in [-0.2, 0) is 33.3 Å². The molecule has 0 aromatic heterocycles. The van der Waals surface area contributed by atoms with E-state index in [0.29, 0.717) is 32.5 Å². The number of hydrogen-bond donors (Lipinski definition) is 0. The zero-order valence-electron chi connectivity index (χ0n) is 12.3. The molecule has 7 heteroatoms. The first-order valence-electron chi connectivity index (χ1n) is 7.69. The van der Waals surface area contributed by atoms with Crippen molar-refractivity contribution in [3.63, 3.8) is 0 Å². The fourth-order valence-electron chi connectivity index (χ4n) is 2.77. The zero-order chi connectivity index (χ0) is 15.5. The number of esters is 2. The van der Waals surface area contributed by atoms with Crippen LogP contribution < -0.4 is 0 Å². The summed E-state index contributed by atoms with van der Waals surface area (Å²) in [5.74, 6) is -1.96. The van der Waals surface area contributed by atoms with Crippen molar-refractivity contribution in [3.05, 3.63) is 0 Å². The van der Waals surface area contributed by atoms with E-state index >= 15 is 0 Å². The number of carbonyl (C=O) groups is 3. The van der Waals surface area contributed by atoms with Crippen LogP contribution in [-0.4, -0.2) is 56.9 Å². The Bertz CT molecular complexity index is 441. The van der Waals surface area contributed by atoms with Crippen LogP contribution in [0.5, 0.6) is 0 Å². The predicted octanol–water partition coefficient (Wildman–Crippen LogP) is 0.102. The van der Waals surface area contributed by atoms with E-state index in [0.717, 1.165) is 6.29 Å². The third kappa shape index (κ3) is 4.04. The highest BCUT2D eigenvalue weighted by Gasteiger charge is 2.40. The monoisotopic (exact) mass is 312 g/mol. The second kappa shape index (κ2) is 6.75. The van der Waals surface area contributed by atoms with Gasteiger partial charge >= 0.3 is 11.9 Å². The number of ether oxygens (including phenoxy) is 4. The molecule has 1 saturated carbocycles. The summed E-state index contributed by atoms with van der Waals surface area (Å²) in [7, 11) is 0. The molecule has 3 aliphatic rings. The minimum absolute atomic E-state index is 0.00888. The summed E-state index contributed by atoms with van der Waals surface area (Å²) in [5.41, 5.74) is 0. The van der Waals surface area contributed by atoms with Crippen LogP contribution in [0.15, 0.2) is 0 Å². The van der Waals surface area contributed by atoms with Crippen LogP contribution in [0, 0.1) is 17.8 Å². The van der Waals surface area contributed by atoms with Crippen LogP contribution in [0.3, 0.4) is 0 Å². The third-order valence-electron chi connectivity index (χ3n) is 4.34. The Labute approximate surface area is 128 Å². The van der Waals surface area contributed by atoms with E-state index in [9.17, 15) is 14.4 Å². The Morgan fingerprint density at radius 1 is 1.00 bits per heavy atom. The average Bonchev–Trinajstić information content (AvgIpc) is 3.43. The normalized spacial score (nSPS) is 36.3. The lowest BCUT2D eigenvalue weighted by atomic mass is 9.74. The van der Waals surface area contributed by atoms with Gasteiger partial charge in [-0.3, -0.25) is 9.59 Å². The molecule has 0 spiro atoms. The minimum Gasteiger partial charge on any atom is -0.463 e. The molecule has 0 bridgehead atoms. The summed E-state index contributed by atoms with van der Waals surface area (Å²) < 4.78 is 20.3. The molecule has 3 fully saturated rings. The standard InChI is InChI=1S/C15H20O7/c16-4-10-3-9(14(17)21-7-11-5-19-11)1-2-13(10)15(18)22-8-12-6-20-12/h4,9-13H,1-3,5-8H2. The number of aldehydes is 1. The number of carbonyl (C=O) groups excluding carboxylic acids is 3. The summed E-state index contributed by atoms with van der Waals surface area (Å²) in [4.78, 5) is 35.3. The van der Waals surface area contributed by atoms with Gasteiger partial charge in [-0.2, -0.15) is 0 Å². The van der Waals surface area contributed by atoms with Crippen molar-refractivity contribution in [1.29, 1.82) is 0 Å². The van der Waals surface area contributed by atoms with Gasteiger partial charge in [-0.05, 0) is 19.3 Å². The van der Waals surface area contributed by atoms with E-state index in [1.54, 1.807) is 0 Å². The fourth-order valence-corrected chi connectivity index (χ4v) is 2.77. The first-order valence-corrected chi connectivity index (χ1v) is 7.69. The Morgan fingerprint density at radius 2 is 1.59 bits per heavy atom. The van der Waals surface area contributed by atoms with E-state index in [-0.39, 0.29) is 43.3 Å². The van der Waals surface area contributed by atoms with Gasteiger partial charge in [0.1, 0.15) is 31.7 Å². The molecule has 122 valence electrons. The summed E-state index contributed by atoms with van der Waals surface area (Å²) in [6, 6.07) is 0. The third-order valence-corrected chi connectivity index (χ3v) is 4.34. The van der Waals surface area contributed by atoms with Crippen LogP contribution in [0.1, 0.15) is 19.3 Å². The molecule has 2 saturated heterocycles. The lowest BCUT2D eigenvalue weighted by Crippen LogP contribution is -2.36. The molecule has 0 radical (unpaired) electrons. The smallest absolute Gasteiger partial charge is 0.309 e. The van der Waals surface area contributed by atoms with Crippen LogP contribution in [0.2, 0.25) is 0 Å². The van der Waals surface area contributed by atoms with E-state index in [1.165, 1.54) is 0 Å². The fraction of sp³-hybridized carbons (Fsp3) is 0.800. The van der Waals surface area contributed by atoms with Gasteiger partial charge in [0, 0.05) is 5.92 Å². The topological polar surface area (TPSA) is 94.7 Å². The molecule has 0 aromatic carbocycles. The number of hydrogen-bond acceptors (Lipinski definition) is 7. The van der Waals surface area contributed by atoms with Crippen molar-refractivity contribution < 1.29 is 33.3 Å². The molecule has 22 heavy (non-hydrogen) atoms. The van der Waals surface area contributed by atoms with Crippen molar-refractivity contribution in [2.75, 3.05) is 26.4 Å². The summed E-state index contributed by atoms with van der Waals surface area (Å²) in [5, 5.41) is 0. The minimum atomic E-state index is -0.490. The molecular formula is C15H20O7. The van der Waals surface area contributed by atoms with Gasteiger partial charge in [-0.1, -0.05) is 0 Å². The molecule has 0 aromatic rings. The lowest BCUT2D eigenvalue weighted by Gasteiger charge is -2.30. The van der Waals surface area contributed by atoms with E-state index in [2.05, 4.69) is 0 Å². The maximum absolute atomic E-state index is 12.0. The van der Waals surface area contributed by atoms with Gasteiger partial charge in [0.05, 0.1) is 25.0 Å². The van der Waals surface area contributed by atoms with Gasteiger partial charge in [-0.25, -0.2) is 0 Å². The van der Waals surface area contributed by atoms with Crippen molar-refractivity contribution in [2.45, 2.75) is 31.5 Å². The second-order valence-corrected chi connectivity index (χ2v) is 6.09. The second-order valence-electron chi connectivity index (χ2n) is 6.09. The summed E-state index contributed by atoms with van der Waals surface area (Å²) >= 11 is 0. The van der Waals surface area contributed by atoms with E-state index in [1.807, 2.05) is 0 Å². The molecule has 7 nitrogen and oxygen atoms in total. The van der Waals surface area contributed by atoms with Gasteiger partial charge in [0.25, 0.3) is 0 Å². The number of rotatable bonds is 7. The first kappa shape index (κ1) is 15.4. The van der Waals surface area contributed by atoms with Gasteiger partial charge in [-0.15, -0.1) is 0 Å². The van der Waals surface area contributed by atoms with Gasteiger partial charge < -0.3 is 23.7 Å². The van der Waals surface area contributed by atoms with Crippen LogP contribution in [0.25, 0.3) is 0 Å². The maximum Gasteiger partial charge on any atom is 0.309 e. The summed E-state index contributed by atoms with van der Waals surface area (Å²) in [6.07, 6.45) is 2.13. The molecule has 2 heterocycles. The molecule has 0 amide bonds. The molecule has 3 rings (SSSR count). The Hall–Kier alpha value is -1.47. The average molecular weight is 312 g/mol. The largest absolute Gasteiger partial charge is 0.463 e. The molecule has 5 atom stereocenters. The van der Waals surface area contributed by atoms with Gasteiger partial charge in [0.2, 0.25) is 0 Å². The van der Waals surface area contributed by atoms with Crippen LogP contribution >= 0.6 is 0 Å². The van der Waals surface area contributed by atoms with Crippen molar-refractivity contribution in [2.24, 2.45) is 17.8 Å². The van der Waals surface area contributed by atoms with Crippen molar-refractivity contribution >= 4 is 18.2 Å². The summed E-state index contributed by atoms with van der Waals surface area (Å²) in [6.45, 7) is 1.77. The SMILES string of the molecule is O=CC1CC(C(=O)OCC2CO2)CCC1C(=O)OCC1CO1. The van der Waals surface area contributed by atoms with Crippen molar-refractivity contribution in [3.8, 4) is 0 Å². The Balaban J connectivity index is 1.47. The highest BCUT2D eigenvalue weighted by Crippen LogP contribution is 2.34.